The van der Waals surface area contributed by atoms with E-state index in [4.69, 9.17) is 0 Å². The lowest BCUT2D eigenvalue weighted by Crippen LogP contribution is -2.14. The minimum absolute atomic E-state index is 0.258. The third-order valence-electron chi connectivity index (χ3n) is 3.54. The standard InChI is InChI=1S/C18H18N2OS/c1-3-20-17(14-6-4-13(2)5-7-14)12-22-18(20)19-15-8-10-16(21)11-9-15/h4-12,21H,3H2,1-2H3. The van der Waals surface area contributed by atoms with Crippen LogP contribution >= 0.6 is 11.3 Å². The monoisotopic (exact) mass is 310 g/mol. The van der Waals surface area contributed by atoms with E-state index in [1.807, 2.05) is 12.1 Å². The van der Waals surface area contributed by atoms with Gasteiger partial charge < -0.3 is 9.67 Å². The quantitative estimate of drug-likeness (QED) is 0.761. The van der Waals surface area contributed by atoms with Crippen LogP contribution in [0.2, 0.25) is 0 Å². The number of aryl methyl sites for hydroxylation is 1. The Kier molecular flexibility index (Phi) is 4.11. The lowest BCUT2D eigenvalue weighted by molar-refractivity contribution is 0.475. The van der Waals surface area contributed by atoms with Gasteiger partial charge in [-0.25, -0.2) is 4.99 Å². The molecule has 0 aliphatic rings. The van der Waals surface area contributed by atoms with Gasteiger partial charge in [-0.2, -0.15) is 0 Å². The second kappa shape index (κ2) is 6.20. The molecule has 0 atom stereocenters. The summed E-state index contributed by atoms with van der Waals surface area (Å²) in [7, 11) is 0. The Morgan fingerprint density at radius 3 is 2.36 bits per heavy atom. The zero-order chi connectivity index (χ0) is 15.5. The van der Waals surface area contributed by atoms with Crippen LogP contribution in [0.5, 0.6) is 5.75 Å². The van der Waals surface area contributed by atoms with Crippen molar-refractivity contribution in [1.82, 2.24) is 4.57 Å². The van der Waals surface area contributed by atoms with Gasteiger partial charge in [-0.3, -0.25) is 0 Å². The predicted molar refractivity (Wildman–Crippen MR) is 91.5 cm³/mol. The zero-order valence-corrected chi connectivity index (χ0v) is 13.5. The van der Waals surface area contributed by atoms with Crippen molar-refractivity contribution in [3.63, 3.8) is 0 Å². The van der Waals surface area contributed by atoms with E-state index in [-0.39, 0.29) is 5.75 Å². The topological polar surface area (TPSA) is 37.5 Å². The van der Waals surface area contributed by atoms with Crippen molar-refractivity contribution in [2.45, 2.75) is 20.4 Å². The summed E-state index contributed by atoms with van der Waals surface area (Å²) in [6, 6.07) is 15.5. The molecule has 4 heteroatoms. The average Bonchev–Trinajstić information content (AvgIpc) is 2.93. The smallest absolute Gasteiger partial charge is 0.190 e. The van der Waals surface area contributed by atoms with Crippen LogP contribution in [0.3, 0.4) is 0 Å². The zero-order valence-electron chi connectivity index (χ0n) is 12.7. The Morgan fingerprint density at radius 2 is 1.73 bits per heavy atom. The molecular formula is C18H18N2OS. The maximum Gasteiger partial charge on any atom is 0.190 e. The number of phenolic OH excluding ortho intramolecular Hbond substituents is 1. The molecule has 0 amide bonds. The molecule has 1 aromatic heterocycles. The number of rotatable bonds is 3. The van der Waals surface area contributed by atoms with Crippen molar-refractivity contribution in [1.29, 1.82) is 0 Å². The minimum Gasteiger partial charge on any atom is -0.508 e. The summed E-state index contributed by atoms with van der Waals surface area (Å²) in [5.41, 5.74) is 4.49. The summed E-state index contributed by atoms with van der Waals surface area (Å²) in [6.45, 7) is 5.08. The number of aromatic nitrogens is 1. The molecule has 0 saturated heterocycles. The largest absolute Gasteiger partial charge is 0.508 e. The van der Waals surface area contributed by atoms with Gasteiger partial charge in [0.2, 0.25) is 0 Å². The van der Waals surface area contributed by atoms with E-state index in [1.54, 1.807) is 23.5 Å². The van der Waals surface area contributed by atoms with Gasteiger partial charge in [-0.15, -0.1) is 11.3 Å². The number of hydrogen-bond donors (Lipinski definition) is 1. The first kappa shape index (κ1) is 14.6. The molecule has 3 aromatic rings. The molecule has 2 aromatic carbocycles. The van der Waals surface area contributed by atoms with Crippen molar-refractivity contribution in [3.8, 4) is 17.0 Å². The number of aromatic hydroxyl groups is 1. The molecule has 3 nitrogen and oxygen atoms in total. The second-order valence-electron chi connectivity index (χ2n) is 5.14. The summed E-state index contributed by atoms with van der Waals surface area (Å²) >= 11 is 1.63. The molecule has 0 radical (unpaired) electrons. The van der Waals surface area contributed by atoms with Crippen LogP contribution in [0.25, 0.3) is 11.3 Å². The van der Waals surface area contributed by atoms with Gasteiger partial charge in [0, 0.05) is 11.9 Å². The fraction of sp³-hybridized carbons (Fsp3) is 0.167. The maximum absolute atomic E-state index is 9.35. The molecule has 1 heterocycles. The second-order valence-corrected chi connectivity index (χ2v) is 5.98. The molecule has 0 saturated carbocycles. The van der Waals surface area contributed by atoms with Gasteiger partial charge in [0.1, 0.15) is 5.75 Å². The third-order valence-corrected chi connectivity index (χ3v) is 4.40. The number of phenols is 1. The van der Waals surface area contributed by atoms with Gasteiger partial charge in [0.15, 0.2) is 4.80 Å². The molecule has 0 aliphatic heterocycles. The van der Waals surface area contributed by atoms with Gasteiger partial charge in [0.25, 0.3) is 0 Å². The van der Waals surface area contributed by atoms with Crippen LogP contribution in [0, 0.1) is 6.92 Å². The van der Waals surface area contributed by atoms with Crippen LogP contribution in [0.4, 0.5) is 5.69 Å². The molecule has 3 rings (SSSR count). The fourth-order valence-corrected chi connectivity index (χ4v) is 3.31. The van der Waals surface area contributed by atoms with Crippen molar-refractivity contribution in [2.75, 3.05) is 0 Å². The Labute approximate surface area is 133 Å². The molecule has 112 valence electrons. The third kappa shape index (κ3) is 2.97. The maximum atomic E-state index is 9.35. The number of hydrogen-bond acceptors (Lipinski definition) is 3. The van der Waals surface area contributed by atoms with E-state index in [0.29, 0.717) is 0 Å². The van der Waals surface area contributed by atoms with Crippen LogP contribution < -0.4 is 4.80 Å². The first-order valence-corrected chi connectivity index (χ1v) is 8.14. The highest BCUT2D eigenvalue weighted by molar-refractivity contribution is 7.07. The molecular weight excluding hydrogens is 292 g/mol. The van der Waals surface area contributed by atoms with Gasteiger partial charge in [0.05, 0.1) is 11.4 Å². The first-order chi connectivity index (χ1) is 10.7. The summed E-state index contributed by atoms with van der Waals surface area (Å²) < 4.78 is 2.21. The first-order valence-electron chi connectivity index (χ1n) is 7.26. The highest BCUT2D eigenvalue weighted by Gasteiger charge is 2.06. The van der Waals surface area contributed by atoms with E-state index < -0.39 is 0 Å². The minimum atomic E-state index is 0.258. The van der Waals surface area contributed by atoms with Crippen LogP contribution in [-0.4, -0.2) is 9.67 Å². The summed E-state index contributed by atoms with van der Waals surface area (Å²) in [5.74, 6) is 0.258. The van der Waals surface area contributed by atoms with Crippen molar-refractivity contribution in [3.05, 3.63) is 64.3 Å². The van der Waals surface area contributed by atoms with Crippen LogP contribution in [0.1, 0.15) is 12.5 Å². The van der Waals surface area contributed by atoms with Crippen LogP contribution in [0.15, 0.2) is 58.9 Å². The average molecular weight is 310 g/mol. The Bertz CT molecular complexity index is 827. The van der Waals surface area contributed by atoms with Crippen LogP contribution in [-0.2, 0) is 6.54 Å². The Balaban J connectivity index is 2.07. The summed E-state index contributed by atoms with van der Waals surface area (Å²) in [4.78, 5) is 5.65. The lowest BCUT2D eigenvalue weighted by Gasteiger charge is -2.06. The van der Waals surface area contributed by atoms with Gasteiger partial charge >= 0.3 is 0 Å². The van der Waals surface area contributed by atoms with E-state index >= 15 is 0 Å². The highest BCUT2D eigenvalue weighted by atomic mass is 32.1. The molecule has 22 heavy (non-hydrogen) atoms. The number of nitrogens with zero attached hydrogens (tertiary/aromatic N) is 2. The Hall–Kier alpha value is -2.33. The molecule has 0 bridgehead atoms. The predicted octanol–water partition coefficient (Wildman–Crippen LogP) is 4.48. The molecule has 1 N–H and O–H groups in total. The highest BCUT2D eigenvalue weighted by Crippen LogP contribution is 2.22. The Morgan fingerprint density at radius 1 is 1.05 bits per heavy atom. The van der Waals surface area contributed by atoms with Gasteiger partial charge in [-0.1, -0.05) is 29.8 Å². The van der Waals surface area contributed by atoms with E-state index in [0.717, 1.165) is 17.0 Å². The summed E-state index contributed by atoms with van der Waals surface area (Å²) in [6.07, 6.45) is 0. The SMILES string of the molecule is CCn1c(-c2ccc(C)cc2)csc1=Nc1ccc(O)cc1. The van der Waals surface area contributed by atoms with Crippen molar-refractivity contribution >= 4 is 17.0 Å². The lowest BCUT2D eigenvalue weighted by atomic mass is 10.1. The normalized spacial score (nSPS) is 11.8. The molecule has 0 aliphatic carbocycles. The van der Waals surface area contributed by atoms with E-state index in [2.05, 4.69) is 53.1 Å². The number of benzene rings is 2. The van der Waals surface area contributed by atoms with E-state index in [9.17, 15) is 5.11 Å². The summed E-state index contributed by atoms with van der Waals surface area (Å²) in [5, 5.41) is 11.5. The number of thiazole rings is 1. The molecule has 0 fully saturated rings. The van der Waals surface area contributed by atoms with E-state index in [1.165, 1.54) is 16.8 Å². The van der Waals surface area contributed by atoms with Gasteiger partial charge in [-0.05, 0) is 43.7 Å². The molecule has 0 unspecified atom stereocenters. The van der Waals surface area contributed by atoms with Crippen molar-refractivity contribution < 1.29 is 5.11 Å². The fourth-order valence-electron chi connectivity index (χ4n) is 2.32. The molecule has 0 spiro atoms. The van der Waals surface area contributed by atoms with Crippen molar-refractivity contribution in [2.24, 2.45) is 4.99 Å².